The highest BCUT2D eigenvalue weighted by atomic mass is 19.3. The number of hydrogen-bond acceptors (Lipinski definition) is 7. The van der Waals surface area contributed by atoms with Crippen LogP contribution in [0.1, 0.15) is 29.7 Å². The second kappa shape index (κ2) is 8.70. The first kappa shape index (κ1) is 21.6. The quantitative estimate of drug-likeness (QED) is 0.422. The van der Waals surface area contributed by atoms with Gasteiger partial charge in [-0.25, -0.2) is 23.1 Å². The van der Waals surface area contributed by atoms with Crippen LogP contribution in [0.5, 0.6) is 0 Å². The molecule has 1 aliphatic rings. The minimum atomic E-state index is -2.79. The predicted molar refractivity (Wildman–Crippen MR) is 111 cm³/mol. The minimum absolute atomic E-state index is 0.0618. The smallest absolute Gasteiger partial charge is 0.265 e. The van der Waals surface area contributed by atoms with Crippen molar-refractivity contribution < 1.29 is 13.2 Å². The van der Waals surface area contributed by atoms with E-state index in [9.17, 15) is 13.2 Å². The van der Waals surface area contributed by atoms with Gasteiger partial charge in [0.25, 0.3) is 5.92 Å². The molecule has 0 unspecified atom stereocenters. The van der Waals surface area contributed by atoms with E-state index in [-0.39, 0.29) is 41.2 Å². The number of aromatic nitrogens is 2. The van der Waals surface area contributed by atoms with Gasteiger partial charge in [-0.15, -0.1) is 0 Å². The van der Waals surface area contributed by atoms with Gasteiger partial charge in [0, 0.05) is 55.6 Å². The predicted octanol–water partition coefficient (Wildman–Crippen LogP) is 2.37. The zero-order chi connectivity index (χ0) is 21.9. The van der Waals surface area contributed by atoms with E-state index >= 15 is 0 Å². The van der Waals surface area contributed by atoms with Crippen molar-refractivity contribution in [3.05, 3.63) is 53.4 Å². The zero-order valence-corrected chi connectivity index (χ0v) is 16.6. The van der Waals surface area contributed by atoms with Crippen LogP contribution in [0.15, 0.2) is 30.7 Å². The molecule has 30 heavy (non-hydrogen) atoms. The largest absolute Gasteiger partial charge is 0.398 e. The molecule has 1 aromatic carbocycles. The number of halogens is 3. The molecule has 3 rings (SSSR count). The Morgan fingerprint density at radius 1 is 1.30 bits per heavy atom. The highest BCUT2D eigenvalue weighted by molar-refractivity contribution is 6.13. The van der Waals surface area contributed by atoms with E-state index in [0.29, 0.717) is 24.4 Å². The molecule has 0 spiro atoms. The molecule has 0 bridgehead atoms. The van der Waals surface area contributed by atoms with E-state index < -0.39 is 18.3 Å². The normalized spacial score (nSPS) is 16.4. The standard InChI is InChI=1S/C20H24F3N7/c1-27-9-12(8-24)13-5-14(16(25)6-15(13)21)19(26)17-7-18(29-11-28-17)30-4-2-3-20(22,23)10-30/h5-7,9,11,26-27H,2-4,8,10,24-25H2,1H3/b12-9+,26-19?. The molecule has 160 valence electrons. The van der Waals surface area contributed by atoms with Crippen LogP contribution in [0.2, 0.25) is 0 Å². The fourth-order valence-corrected chi connectivity index (χ4v) is 3.43. The Morgan fingerprint density at radius 2 is 2.07 bits per heavy atom. The Kier molecular flexibility index (Phi) is 6.25. The Morgan fingerprint density at radius 3 is 2.73 bits per heavy atom. The van der Waals surface area contributed by atoms with Crippen LogP contribution >= 0.6 is 0 Å². The van der Waals surface area contributed by atoms with Crippen molar-refractivity contribution in [3.8, 4) is 0 Å². The Labute approximate surface area is 172 Å². The maximum atomic E-state index is 14.5. The summed E-state index contributed by atoms with van der Waals surface area (Å²) in [4.78, 5) is 9.65. The number of rotatable bonds is 6. The van der Waals surface area contributed by atoms with Gasteiger partial charge in [-0.3, -0.25) is 5.41 Å². The van der Waals surface area contributed by atoms with Crippen LogP contribution in [0.3, 0.4) is 0 Å². The molecule has 1 aromatic heterocycles. The molecular formula is C20H24F3N7. The molecule has 6 N–H and O–H groups in total. The number of nitrogens with one attached hydrogen (secondary N) is 2. The van der Waals surface area contributed by atoms with E-state index in [1.165, 1.54) is 23.4 Å². The first-order valence-electron chi connectivity index (χ1n) is 9.45. The summed E-state index contributed by atoms with van der Waals surface area (Å²) >= 11 is 0. The average molecular weight is 419 g/mol. The minimum Gasteiger partial charge on any atom is -0.398 e. The van der Waals surface area contributed by atoms with E-state index in [1.807, 2.05) is 0 Å². The molecular weight excluding hydrogens is 395 g/mol. The summed E-state index contributed by atoms with van der Waals surface area (Å²) in [6, 6.07) is 4.05. The van der Waals surface area contributed by atoms with E-state index in [1.54, 1.807) is 13.2 Å². The van der Waals surface area contributed by atoms with Crippen molar-refractivity contribution >= 4 is 22.8 Å². The second-order valence-electron chi connectivity index (χ2n) is 7.10. The summed E-state index contributed by atoms with van der Waals surface area (Å²) < 4.78 is 42.0. The molecule has 7 nitrogen and oxygen atoms in total. The highest BCUT2D eigenvalue weighted by Gasteiger charge is 2.35. The van der Waals surface area contributed by atoms with Gasteiger partial charge < -0.3 is 21.7 Å². The van der Waals surface area contributed by atoms with Gasteiger partial charge in [-0.05, 0) is 24.1 Å². The molecule has 0 saturated carbocycles. The summed E-state index contributed by atoms with van der Waals surface area (Å²) in [6.45, 7) is 0.0838. The fourth-order valence-electron chi connectivity index (χ4n) is 3.43. The van der Waals surface area contributed by atoms with Crippen molar-refractivity contribution in [2.75, 3.05) is 37.3 Å². The molecule has 2 aromatic rings. The van der Waals surface area contributed by atoms with Gasteiger partial charge in [-0.2, -0.15) is 0 Å². The molecule has 0 amide bonds. The third-order valence-electron chi connectivity index (χ3n) is 4.92. The third-order valence-corrected chi connectivity index (χ3v) is 4.92. The summed E-state index contributed by atoms with van der Waals surface area (Å²) in [5, 5.41) is 11.4. The SMILES string of the molecule is CN/C=C(\CN)c1cc(C(=N)c2cc(N3CCCC(F)(F)C3)ncn2)c(N)cc1F. The summed E-state index contributed by atoms with van der Waals surface area (Å²) in [6.07, 6.45) is 2.98. The number of anilines is 2. The van der Waals surface area contributed by atoms with Crippen LogP contribution in [-0.2, 0) is 0 Å². The van der Waals surface area contributed by atoms with Crippen LogP contribution in [0, 0.1) is 11.2 Å². The van der Waals surface area contributed by atoms with E-state index in [4.69, 9.17) is 16.9 Å². The lowest BCUT2D eigenvalue weighted by atomic mass is 9.97. The van der Waals surface area contributed by atoms with E-state index in [0.717, 1.165) is 6.07 Å². The van der Waals surface area contributed by atoms with Gasteiger partial charge >= 0.3 is 0 Å². The molecule has 2 heterocycles. The number of nitrogen functional groups attached to an aromatic ring is 1. The van der Waals surface area contributed by atoms with Gasteiger partial charge in [-0.1, -0.05) is 0 Å². The van der Waals surface area contributed by atoms with Gasteiger partial charge in [0.1, 0.15) is 18.0 Å². The molecule has 0 radical (unpaired) electrons. The van der Waals surface area contributed by atoms with Gasteiger partial charge in [0.2, 0.25) is 0 Å². The lowest BCUT2D eigenvalue weighted by molar-refractivity contribution is -0.0118. The number of piperidine rings is 1. The molecule has 10 heteroatoms. The average Bonchev–Trinajstić information content (AvgIpc) is 2.71. The molecule has 0 atom stereocenters. The summed E-state index contributed by atoms with van der Waals surface area (Å²) in [5.41, 5.74) is 12.8. The number of nitrogens with two attached hydrogens (primary N) is 2. The maximum absolute atomic E-state index is 14.5. The van der Waals surface area contributed by atoms with Gasteiger partial charge in [0.05, 0.1) is 18.0 Å². The zero-order valence-electron chi connectivity index (χ0n) is 16.6. The molecule has 1 aliphatic heterocycles. The lowest BCUT2D eigenvalue weighted by Gasteiger charge is -2.33. The van der Waals surface area contributed by atoms with Crippen molar-refractivity contribution in [1.29, 1.82) is 5.41 Å². The summed E-state index contributed by atoms with van der Waals surface area (Å²) in [7, 11) is 1.67. The monoisotopic (exact) mass is 419 g/mol. The number of alkyl halides is 2. The molecule has 0 aliphatic carbocycles. The number of nitrogens with zero attached hydrogens (tertiary/aromatic N) is 3. The van der Waals surface area contributed by atoms with E-state index in [2.05, 4.69) is 15.3 Å². The highest BCUT2D eigenvalue weighted by Crippen LogP contribution is 2.30. The topological polar surface area (TPSA) is 117 Å². The fraction of sp³-hybridized carbons (Fsp3) is 0.350. The Hall–Kier alpha value is -3.14. The first-order valence-corrected chi connectivity index (χ1v) is 9.45. The molecule has 1 saturated heterocycles. The maximum Gasteiger partial charge on any atom is 0.265 e. The van der Waals surface area contributed by atoms with Crippen molar-refractivity contribution in [2.24, 2.45) is 5.73 Å². The number of benzene rings is 1. The van der Waals surface area contributed by atoms with Crippen LogP contribution in [-0.4, -0.2) is 48.3 Å². The van der Waals surface area contributed by atoms with Crippen LogP contribution < -0.4 is 21.7 Å². The van der Waals surface area contributed by atoms with Crippen molar-refractivity contribution in [2.45, 2.75) is 18.8 Å². The second-order valence-corrected chi connectivity index (χ2v) is 7.10. The third kappa shape index (κ3) is 4.54. The number of hydrogen-bond donors (Lipinski definition) is 4. The van der Waals surface area contributed by atoms with Gasteiger partial charge in [0.15, 0.2) is 0 Å². The summed E-state index contributed by atoms with van der Waals surface area (Å²) in [5.74, 6) is -3.04. The van der Waals surface area contributed by atoms with Crippen LogP contribution in [0.4, 0.5) is 24.7 Å². The Bertz CT molecular complexity index is 975. The van der Waals surface area contributed by atoms with Crippen molar-refractivity contribution in [3.63, 3.8) is 0 Å². The first-order chi connectivity index (χ1) is 14.3. The Balaban J connectivity index is 1.96. The lowest BCUT2D eigenvalue weighted by Crippen LogP contribution is -2.43. The van der Waals surface area contributed by atoms with Crippen molar-refractivity contribution in [1.82, 2.24) is 15.3 Å². The van der Waals surface area contributed by atoms with Crippen LogP contribution in [0.25, 0.3) is 5.57 Å². The molecule has 1 fully saturated rings.